The minimum absolute atomic E-state index is 0.0528. The third-order valence-electron chi connectivity index (χ3n) is 8.87. The number of nitrogens with one attached hydrogen (secondary N) is 3. The van der Waals surface area contributed by atoms with E-state index in [4.69, 9.17) is 33.0 Å². The maximum atomic E-state index is 13.2. The predicted octanol–water partition coefficient (Wildman–Crippen LogP) is 4.63. The van der Waals surface area contributed by atoms with Crippen LogP contribution < -0.4 is 31.1 Å². The Balaban J connectivity index is 1.13. The standard InChI is InChI=1S/C35H32Cl2N8O5/c1-50-33-32(44-17-22(18-44)42-35(48)49)40-16-27(43-33)26-7-3-6-25(31(26)37)24-5-2-4-23(30(24)36)19-10-11-45-28(12-19)39-14-20(34(45)47)13-38-15-21-8-9-29(46)41-21/h2-7,10-12,14,16,21-22,38,42H,8-9,13,15,17-18H2,1H3,(H,41,46)(H,48,49)/t21-/m0/s1. The Hall–Kier alpha value is -5.24. The lowest BCUT2D eigenvalue weighted by Crippen LogP contribution is -2.59. The number of rotatable bonds is 10. The number of halogens is 2. The molecule has 2 amide bonds. The Kier molecular flexibility index (Phi) is 9.27. The van der Waals surface area contributed by atoms with E-state index in [1.807, 2.05) is 53.4 Å². The number of carbonyl (C=O) groups is 2. The van der Waals surface area contributed by atoms with Gasteiger partial charge in [-0.05, 0) is 24.1 Å². The molecule has 0 aliphatic carbocycles. The fourth-order valence-electron chi connectivity index (χ4n) is 6.28. The third kappa shape index (κ3) is 6.54. The number of pyridine rings is 1. The summed E-state index contributed by atoms with van der Waals surface area (Å²) in [6, 6.07) is 14.8. The summed E-state index contributed by atoms with van der Waals surface area (Å²) in [6.45, 7) is 1.82. The lowest BCUT2D eigenvalue weighted by Gasteiger charge is -2.39. The molecule has 4 N–H and O–H groups in total. The van der Waals surface area contributed by atoms with Crippen LogP contribution in [0.2, 0.25) is 10.0 Å². The molecule has 0 bridgehead atoms. The lowest BCUT2D eigenvalue weighted by molar-refractivity contribution is -0.119. The largest absolute Gasteiger partial charge is 0.478 e. The van der Waals surface area contributed by atoms with E-state index in [1.54, 1.807) is 18.6 Å². The van der Waals surface area contributed by atoms with Gasteiger partial charge in [-0.1, -0.05) is 59.6 Å². The molecule has 0 saturated carbocycles. The van der Waals surface area contributed by atoms with Crippen LogP contribution >= 0.6 is 23.2 Å². The van der Waals surface area contributed by atoms with Crippen molar-refractivity contribution in [1.29, 1.82) is 0 Å². The number of methoxy groups -OCH3 is 1. The first-order chi connectivity index (χ1) is 24.2. The minimum atomic E-state index is -1.07. The van der Waals surface area contributed by atoms with Crippen LogP contribution in [0.5, 0.6) is 5.88 Å². The number of carbonyl (C=O) groups excluding carboxylic acids is 1. The molecule has 5 aromatic rings. The molecule has 1 atom stereocenters. The van der Waals surface area contributed by atoms with Crippen molar-refractivity contribution in [3.63, 3.8) is 0 Å². The summed E-state index contributed by atoms with van der Waals surface area (Å²) in [6.07, 6.45) is 5.11. The lowest BCUT2D eigenvalue weighted by atomic mass is 9.97. The summed E-state index contributed by atoms with van der Waals surface area (Å²) in [4.78, 5) is 51.3. The normalized spacial score (nSPS) is 15.9. The van der Waals surface area contributed by atoms with E-state index >= 15 is 0 Å². The molecule has 50 heavy (non-hydrogen) atoms. The van der Waals surface area contributed by atoms with Gasteiger partial charge < -0.3 is 30.7 Å². The van der Waals surface area contributed by atoms with Gasteiger partial charge in [0.15, 0.2) is 5.82 Å². The quantitative estimate of drug-likeness (QED) is 0.161. The minimum Gasteiger partial charge on any atom is -0.478 e. The Morgan fingerprint density at radius 1 is 1.02 bits per heavy atom. The van der Waals surface area contributed by atoms with Gasteiger partial charge in [0.1, 0.15) is 5.65 Å². The van der Waals surface area contributed by atoms with Crippen molar-refractivity contribution >= 4 is 46.7 Å². The second kappa shape index (κ2) is 13.9. The van der Waals surface area contributed by atoms with Gasteiger partial charge in [0.2, 0.25) is 5.91 Å². The second-order valence-corrected chi connectivity index (χ2v) is 12.9. The van der Waals surface area contributed by atoms with Gasteiger partial charge in [-0.25, -0.2) is 19.7 Å². The van der Waals surface area contributed by atoms with Crippen molar-refractivity contribution < 1.29 is 19.4 Å². The molecule has 7 rings (SSSR count). The van der Waals surface area contributed by atoms with E-state index in [0.717, 1.165) is 17.5 Å². The van der Waals surface area contributed by atoms with E-state index in [0.29, 0.717) is 87.9 Å². The van der Waals surface area contributed by atoms with Crippen LogP contribution in [0.25, 0.3) is 39.2 Å². The molecule has 3 aromatic heterocycles. The van der Waals surface area contributed by atoms with Gasteiger partial charge in [0.05, 0.1) is 35.1 Å². The van der Waals surface area contributed by atoms with E-state index in [-0.39, 0.29) is 23.6 Å². The first-order valence-electron chi connectivity index (χ1n) is 15.9. The Bertz CT molecular complexity index is 2190. The first-order valence-corrected chi connectivity index (χ1v) is 16.7. The van der Waals surface area contributed by atoms with Crippen LogP contribution in [-0.4, -0.2) is 75.3 Å². The summed E-state index contributed by atoms with van der Waals surface area (Å²) in [5.41, 5.74) is 4.86. The van der Waals surface area contributed by atoms with Gasteiger partial charge >= 0.3 is 6.09 Å². The summed E-state index contributed by atoms with van der Waals surface area (Å²) in [5.74, 6) is 0.861. The maximum Gasteiger partial charge on any atom is 0.405 e. The molecule has 2 aromatic carbocycles. The summed E-state index contributed by atoms with van der Waals surface area (Å²) in [7, 11) is 1.50. The Morgan fingerprint density at radius 3 is 2.44 bits per heavy atom. The molecule has 2 aliphatic heterocycles. The number of amides is 2. The number of aromatic nitrogens is 4. The summed E-state index contributed by atoms with van der Waals surface area (Å²) >= 11 is 14.1. The molecule has 2 saturated heterocycles. The second-order valence-electron chi connectivity index (χ2n) is 12.1. The molecular formula is C35H32Cl2N8O5. The molecule has 0 radical (unpaired) electrons. The summed E-state index contributed by atoms with van der Waals surface area (Å²) in [5, 5.41) is 18.5. The zero-order valence-corrected chi connectivity index (χ0v) is 28.3. The fourth-order valence-corrected chi connectivity index (χ4v) is 6.94. The number of ether oxygens (including phenoxy) is 1. The van der Waals surface area contributed by atoms with E-state index in [1.165, 1.54) is 11.5 Å². The highest BCUT2D eigenvalue weighted by Gasteiger charge is 2.32. The van der Waals surface area contributed by atoms with Crippen LogP contribution in [0.15, 0.2) is 71.9 Å². The molecule has 15 heteroatoms. The molecule has 2 fully saturated rings. The molecule has 256 valence electrons. The van der Waals surface area contributed by atoms with Crippen LogP contribution in [0.1, 0.15) is 18.4 Å². The fraction of sp³-hybridized carbons (Fsp3) is 0.257. The topological polar surface area (TPSA) is 163 Å². The van der Waals surface area contributed by atoms with Crippen LogP contribution in [0.3, 0.4) is 0 Å². The van der Waals surface area contributed by atoms with Gasteiger partial charge in [0, 0.05) is 78.9 Å². The Morgan fingerprint density at radius 2 is 1.74 bits per heavy atom. The summed E-state index contributed by atoms with van der Waals surface area (Å²) < 4.78 is 7.05. The average molecular weight is 716 g/mol. The van der Waals surface area contributed by atoms with E-state index < -0.39 is 6.09 Å². The number of anilines is 1. The zero-order valence-electron chi connectivity index (χ0n) is 26.8. The number of benzene rings is 2. The highest BCUT2D eigenvalue weighted by molar-refractivity contribution is 6.39. The number of nitrogens with zero attached hydrogens (tertiary/aromatic N) is 5. The number of fused-ring (bicyclic) bond motifs is 1. The van der Waals surface area contributed by atoms with Crippen molar-refractivity contribution in [3.05, 3.63) is 93.1 Å². The monoisotopic (exact) mass is 714 g/mol. The van der Waals surface area contributed by atoms with Gasteiger partial charge in [0.25, 0.3) is 11.4 Å². The molecule has 13 nitrogen and oxygen atoms in total. The molecule has 5 heterocycles. The van der Waals surface area contributed by atoms with Crippen molar-refractivity contribution in [1.82, 2.24) is 35.3 Å². The third-order valence-corrected chi connectivity index (χ3v) is 9.69. The van der Waals surface area contributed by atoms with Crippen LogP contribution in [0.4, 0.5) is 10.6 Å². The molecule has 0 spiro atoms. The van der Waals surface area contributed by atoms with Crippen molar-refractivity contribution in [3.8, 4) is 39.4 Å². The maximum absolute atomic E-state index is 13.2. The SMILES string of the molecule is COc1nc(-c2cccc(-c3cccc(-c4ccn5c(=O)c(CNC[C@@H]6CCC(=O)N6)cnc5c4)c3Cl)c2Cl)cnc1N1CC(NC(=O)O)C1. The van der Waals surface area contributed by atoms with Crippen LogP contribution in [-0.2, 0) is 11.3 Å². The predicted molar refractivity (Wildman–Crippen MR) is 190 cm³/mol. The van der Waals surface area contributed by atoms with Crippen LogP contribution in [0, 0.1) is 0 Å². The highest BCUT2D eigenvalue weighted by Crippen LogP contribution is 2.42. The highest BCUT2D eigenvalue weighted by atomic mass is 35.5. The van der Waals surface area contributed by atoms with Crippen molar-refractivity contribution in [2.24, 2.45) is 0 Å². The number of carboxylic acid groups (broad SMARTS) is 1. The smallest absolute Gasteiger partial charge is 0.405 e. The average Bonchev–Trinajstić information content (AvgIpc) is 3.51. The number of hydrogen-bond donors (Lipinski definition) is 4. The molecular weight excluding hydrogens is 683 g/mol. The van der Waals surface area contributed by atoms with E-state index in [9.17, 15) is 14.4 Å². The van der Waals surface area contributed by atoms with Gasteiger partial charge in [-0.15, -0.1) is 0 Å². The van der Waals surface area contributed by atoms with Gasteiger partial charge in [-0.2, -0.15) is 0 Å². The molecule has 0 unspecified atom stereocenters. The first kappa shape index (κ1) is 33.3. The molecule has 2 aliphatic rings. The number of hydrogen-bond acceptors (Lipinski definition) is 9. The van der Waals surface area contributed by atoms with Gasteiger partial charge in [-0.3, -0.25) is 14.0 Å². The van der Waals surface area contributed by atoms with Crippen molar-refractivity contribution in [2.45, 2.75) is 31.5 Å². The zero-order chi connectivity index (χ0) is 34.9. The Labute approximate surface area is 296 Å². The van der Waals surface area contributed by atoms with E-state index in [2.05, 4.69) is 30.9 Å². The van der Waals surface area contributed by atoms with Crippen molar-refractivity contribution in [2.75, 3.05) is 31.6 Å².